The summed E-state index contributed by atoms with van der Waals surface area (Å²) in [6.07, 6.45) is 8.62. The van der Waals surface area contributed by atoms with Gasteiger partial charge in [-0.15, -0.1) is 0 Å². The maximum absolute atomic E-state index is 14.0. The molecule has 0 aromatic heterocycles. The average Bonchev–Trinajstić information content (AvgIpc) is 2.99. The molecule has 2 aromatic carbocycles. The number of unbranched alkanes of at least 4 members (excludes halogenated alkanes) is 5. The van der Waals surface area contributed by atoms with Crippen LogP contribution in [0.15, 0.2) is 47.4 Å². The molecule has 222 valence electrons. The number of rotatable bonds is 14. The minimum Gasteiger partial charge on any atom is -0.392 e. The number of fused-ring (bicyclic) bond motifs is 1. The summed E-state index contributed by atoms with van der Waals surface area (Å²) in [5.41, 5.74) is 2.26. The maximum Gasteiger partial charge on any atom is 0.224 e. The molecule has 0 radical (unpaired) electrons. The molecule has 1 heterocycles. The molecule has 40 heavy (non-hydrogen) atoms. The largest absolute Gasteiger partial charge is 0.392 e. The molecule has 0 spiro atoms. The van der Waals surface area contributed by atoms with Crippen LogP contribution in [0.2, 0.25) is 0 Å². The molecule has 1 aliphatic heterocycles. The van der Waals surface area contributed by atoms with Gasteiger partial charge in [0.25, 0.3) is 0 Å². The molecule has 0 saturated heterocycles. The molecular weight excluding hydrogens is 520 g/mol. The summed E-state index contributed by atoms with van der Waals surface area (Å²) in [5, 5.41) is 15.4. The molecule has 0 bridgehead atoms. The lowest BCUT2D eigenvalue weighted by Crippen LogP contribution is -2.43. The molecule has 2 atom stereocenters. The Morgan fingerprint density at radius 3 is 2.25 bits per heavy atom. The predicted molar refractivity (Wildman–Crippen MR) is 166 cm³/mol. The quantitative estimate of drug-likeness (QED) is 0.233. The van der Waals surface area contributed by atoms with Crippen LogP contribution >= 0.6 is 0 Å². The van der Waals surface area contributed by atoms with E-state index in [-0.39, 0.29) is 11.7 Å². The Morgan fingerprint density at radius 1 is 0.950 bits per heavy atom. The number of carbonyl (C=O) groups is 1. The van der Waals surface area contributed by atoms with E-state index in [9.17, 15) is 18.3 Å². The van der Waals surface area contributed by atoms with Crippen LogP contribution in [0.4, 0.5) is 11.4 Å². The van der Waals surface area contributed by atoms with Gasteiger partial charge in [0.1, 0.15) is 0 Å². The van der Waals surface area contributed by atoms with E-state index in [2.05, 4.69) is 26.1 Å². The number of amides is 1. The number of nitrogens with one attached hydrogen (secondary N) is 1. The van der Waals surface area contributed by atoms with E-state index in [1.54, 1.807) is 6.07 Å². The average molecular weight is 571 g/mol. The fourth-order valence-electron chi connectivity index (χ4n) is 6.14. The lowest BCUT2D eigenvalue weighted by atomic mass is 9.68. The summed E-state index contributed by atoms with van der Waals surface area (Å²) in [4.78, 5) is 14.9. The lowest BCUT2D eigenvalue weighted by Gasteiger charge is -2.40. The second-order valence-corrected chi connectivity index (χ2v) is 13.8. The van der Waals surface area contributed by atoms with Crippen molar-refractivity contribution in [3.63, 3.8) is 0 Å². The highest BCUT2D eigenvalue weighted by atomic mass is 32.2. The third-order valence-corrected chi connectivity index (χ3v) is 10.4. The number of carbonyl (C=O) groups excluding carboxylic acids is 1. The van der Waals surface area contributed by atoms with E-state index in [0.29, 0.717) is 35.4 Å². The first-order valence-electron chi connectivity index (χ1n) is 15.2. The third kappa shape index (κ3) is 7.67. The van der Waals surface area contributed by atoms with Crippen molar-refractivity contribution in [3.8, 4) is 0 Å². The Morgan fingerprint density at radius 2 is 1.62 bits per heavy atom. The third-order valence-electron chi connectivity index (χ3n) is 8.44. The standard InChI is InChI=1S/C33H50N2O4S/c1-6-9-12-13-17-30(36)34-26-16-14-15-25(22-26)31-28-23-27(35(4)5)18-19-29(28)40(38,39)24-33(32(31)37,20-10-7-2)21-11-8-3/h14-16,18-19,22-23,31-32,37H,6-13,17,20-21,24H2,1-5H3,(H,34,36)/t31-,32-/m1/s1. The molecular formula is C33H50N2O4S. The number of hydrogen-bond acceptors (Lipinski definition) is 5. The molecule has 7 heteroatoms. The second-order valence-electron chi connectivity index (χ2n) is 11.9. The fourth-order valence-corrected chi connectivity index (χ4v) is 8.33. The van der Waals surface area contributed by atoms with Crippen LogP contribution in [0.5, 0.6) is 0 Å². The Labute approximate surface area is 242 Å². The smallest absolute Gasteiger partial charge is 0.224 e. The van der Waals surface area contributed by atoms with Crippen molar-refractivity contribution in [3.05, 3.63) is 53.6 Å². The summed E-state index contributed by atoms with van der Waals surface area (Å²) in [7, 11) is 0.209. The normalized spacial score (nSPS) is 19.4. The summed E-state index contributed by atoms with van der Waals surface area (Å²) in [6.45, 7) is 6.36. The zero-order chi connectivity index (χ0) is 29.3. The van der Waals surface area contributed by atoms with Crippen molar-refractivity contribution in [1.29, 1.82) is 0 Å². The van der Waals surface area contributed by atoms with E-state index in [1.165, 1.54) is 0 Å². The number of hydrogen-bond donors (Lipinski definition) is 2. The van der Waals surface area contributed by atoms with Gasteiger partial charge < -0.3 is 15.3 Å². The van der Waals surface area contributed by atoms with Crippen molar-refractivity contribution >= 4 is 27.1 Å². The van der Waals surface area contributed by atoms with Crippen molar-refractivity contribution in [2.75, 3.05) is 30.1 Å². The predicted octanol–water partition coefficient (Wildman–Crippen LogP) is 7.31. The number of aliphatic hydroxyl groups excluding tert-OH is 1. The highest BCUT2D eigenvalue weighted by Crippen LogP contribution is 2.50. The van der Waals surface area contributed by atoms with Gasteiger partial charge in [-0.25, -0.2) is 8.42 Å². The van der Waals surface area contributed by atoms with Crippen LogP contribution < -0.4 is 10.2 Å². The Bertz CT molecular complexity index is 1220. The molecule has 0 fully saturated rings. The van der Waals surface area contributed by atoms with Crippen molar-refractivity contribution < 1.29 is 18.3 Å². The molecule has 6 nitrogen and oxygen atoms in total. The molecule has 0 unspecified atom stereocenters. The SMILES string of the molecule is CCCCCCC(=O)Nc1cccc([C@@H]2c3cc(N(C)C)ccc3S(=O)(=O)CC(CCCC)(CCCC)[C@@H]2O)c1. The first-order chi connectivity index (χ1) is 19.1. The topological polar surface area (TPSA) is 86.7 Å². The van der Waals surface area contributed by atoms with Crippen LogP contribution in [-0.2, 0) is 14.6 Å². The summed E-state index contributed by atoms with van der Waals surface area (Å²) in [6, 6.07) is 13.1. The van der Waals surface area contributed by atoms with Crippen LogP contribution in [-0.4, -0.2) is 45.4 Å². The van der Waals surface area contributed by atoms with E-state index in [0.717, 1.165) is 62.6 Å². The van der Waals surface area contributed by atoms with E-state index < -0.39 is 27.3 Å². The molecule has 2 aromatic rings. The van der Waals surface area contributed by atoms with Crippen LogP contribution in [0, 0.1) is 5.41 Å². The van der Waals surface area contributed by atoms with Crippen molar-refractivity contribution in [1.82, 2.24) is 0 Å². The van der Waals surface area contributed by atoms with Gasteiger partial charge in [-0.2, -0.15) is 0 Å². The first kappa shape index (κ1) is 32.1. The summed E-state index contributed by atoms with van der Waals surface area (Å²) in [5.74, 6) is -0.616. The Kier molecular flexibility index (Phi) is 11.6. The zero-order valence-corrected chi connectivity index (χ0v) is 26.0. The summed E-state index contributed by atoms with van der Waals surface area (Å²) >= 11 is 0. The molecule has 1 aliphatic rings. The highest BCUT2D eigenvalue weighted by Gasteiger charge is 2.49. The van der Waals surface area contributed by atoms with E-state index >= 15 is 0 Å². The molecule has 0 aliphatic carbocycles. The lowest BCUT2D eigenvalue weighted by molar-refractivity contribution is -0.116. The number of sulfone groups is 1. The van der Waals surface area contributed by atoms with Crippen LogP contribution in [0.3, 0.4) is 0 Å². The number of nitrogens with zero attached hydrogens (tertiary/aromatic N) is 1. The molecule has 1 amide bonds. The number of aliphatic hydroxyl groups is 1. The van der Waals surface area contributed by atoms with Crippen molar-refractivity contribution in [2.24, 2.45) is 5.41 Å². The van der Waals surface area contributed by atoms with Gasteiger partial charge in [0, 0.05) is 43.2 Å². The number of anilines is 2. The monoisotopic (exact) mass is 570 g/mol. The van der Waals surface area contributed by atoms with Crippen LogP contribution in [0.1, 0.15) is 108 Å². The minimum absolute atomic E-state index is 0.0206. The van der Waals surface area contributed by atoms with Crippen LogP contribution in [0.25, 0.3) is 0 Å². The molecule has 2 N–H and O–H groups in total. The molecule has 0 saturated carbocycles. The van der Waals surface area contributed by atoms with Gasteiger partial charge in [-0.05, 0) is 60.7 Å². The van der Waals surface area contributed by atoms with Gasteiger partial charge >= 0.3 is 0 Å². The number of benzene rings is 2. The maximum atomic E-state index is 14.0. The Hall–Kier alpha value is -2.38. The minimum atomic E-state index is -3.66. The Balaban J connectivity index is 2.13. The fraction of sp³-hybridized carbons (Fsp3) is 0.606. The van der Waals surface area contributed by atoms with Gasteiger partial charge in [-0.1, -0.05) is 77.8 Å². The van der Waals surface area contributed by atoms with Crippen molar-refractivity contribution in [2.45, 2.75) is 108 Å². The summed E-state index contributed by atoms with van der Waals surface area (Å²) < 4.78 is 28.0. The van der Waals surface area contributed by atoms with Gasteiger partial charge in [0.05, 0.1) is 16.8 Å². The van der Waals surface area contributed by atoms with Gasteiger partial charge in [0.2, 0.25) is 5.91 Å². The van der Waals surface area contributed by atoms with E-state index in [1.807, 2.05) is 55.4 Å². The second kappa shape index (κ2) is 14.5. The highest BCUT2D eigenvalue weighted by molar-refractivity contribution is 7.91. The zero-order valence-electron chi connectivity index (χ0n) is 25.2. The molecule has 3 rings (SSSR count). The van der Waals surface area contributed by atoms with Gasteiger partial charge in [0.15, 0.2) is 9.84 Å². The first-order valence-corrected chi connectivity index (χ1v) is 16.9. The van der Waals surface area contributed by atoms with Gasteiger partial charge in [-0.3, -0.25) is 4.79 Å². The van der Waals surface area contributed by atoms with E-state index in [4.69, 9.17) is 0 Å².